The van der Waals surface area contributed by atoms with Gasteiger partial charge < -0.3 is 5.43 Å². The Balaban J connectivity index is 2.19. The number of nitrogens with two attached hydrogens (primary N) is 1. The van der Waals surface area contributed by atoms with E-state index in [-0.39, 0.29) is 10.9 Å². The van der Waals surface area contributed by atoms with E-state index in [9.17, 15) is 8.42 Å². The number of nitrogen functional groups attached to an aromatic ring is 1. The first kappa shape index (κ1) is 15.2. The number of nitrogens with zero attached hydrogens (tertiary/aromatic N) is 1. The highest BCUT2D eigenvalue weighted by atomic mass is 32.2. The maximum Gasteiger partial charge on any atom is 0.244 e. The van der Waals surface area contributed by atoms with Crippen LogP contribution < -0.4 is 16.0 Å². The molecule has 1 heterocycles. The molecule has 0 aromatic carbocycles. The van der Waals surface area contributed by atoms with Gasteiger partial charge in [0.1, 0.15) is 4.90 Å². The lowest BCUT2D eigenvalue weighted by Crippen LogP contribution is -2.42. The number of rotatable bonds is 4. The monoisotopic (exact) mass is 298 g/mol. The van der Waals surface area contributed by atoms with Crippen LogP contribution >= 0.6 is 0 Å². The first-order chi connectivity index (χ1) is 9.44. The van der Waals surface area contributed by atoms with E-state index in [0.29, 0.717) is 17.5 Å². The van der Waals surface area contributed by atoms with Gasteiger partial charge in [-0.25, -0.2) is 13.1 Å². The fourth-order valence-corrected chi connectivity index (χ4v) is 4.31. The van der Waals surface area contributed by atoms with E-state index < -0.39 is 10.0 Å². The lowest BCUT2D eigenvalue weighted by Gasteiger charge is -2.33. The van der Waals surface area contributed by atoms with Gasteiger partial charge in [0.25, 0.3) is 0 Å². The number of hydrogen-bond donors (Lipinski definition) is 3. The second-order valence-electron chi connectivity index (χ2n) is 5.64. The highest BCUT2D eigenvalue weighted by molar-refractivity contribution is 7.89. The molecule has 1 saturated carbocycles. The number of pyridine rings is 1. The van der Waals surface area contributed by atoms with E-state index in [1.165, 1.54) is 12.4 Å². The lowest BCUT2D eigenvalue weighted by molar-refractivity contribution is 0.249. The zero-order valence-electron chi connectivity index (χ0n) is 11.8. The summed E-state index contributed by atoms with van der Waals surface area (Å²) in [5.74, 6) is 6.35. The van der Waals surface area contributed by atoms with Gasteiger partial charge in [-0.2, -0.15) is 0 Å². The van der Waals surface area contributed by atoms with Crippen LogP contribution in [0, 0.1) is 11.8 Å². The van der Waals surface area contributed by atoms with Crippen molar-refractivity contribution >= 4 is 15.7 Å². The first-order valence-corrected chi connectivity index (χ1v) is 8.35. The molecule has 20 heavy (non-hydrogen) atoms. The molecule has 0 aliphatic heterocycles. The van der Waals surface area contributed by atoms with Crippen LogP contribution in [0.15, 0.2) is 23.4 Å². The van der Waals surface area contributed by atoms with Crippen molar-refractivity contribution in [3.8, 4) is 0 Å². The zero-order chi connectivity index (χ0) is 14.8. The number of anilines is 1. The third-order valence-electron chi connectivity index (χ3n) is 3.97. The molecule has 2 rings (SSSR count). The summed E-state index contributed by atoms with van der Waals surface area (Å²) in [5.41, 5.74) is 2.75. The molecule has 1 aliphatic carbocycles. The van der Waals surface area contributed by atoms with Crippen molar-refractivity contribution in [3.63, 3.8) is 0 Å². The van der Waals surface area contributed by atoms with Crippen LogP contribution in [0.3, 0.4) is 0 Å². The van der Waals surface area contributed by atoms with Gasteiger partial charge in [-0.1, -0.05) is 13.8 Å². The van der Waals surface area contributed by atoms with Gasteiger partial charge in [0.2, 0.25) is 10.0 Å². The number of hydrogen-bond acceptors (Lipinski definition) is 5. The smallest absolute Gasteiger partial charge is 0.244 e. The van der Waals surface area contributed by atoms with Gasteiger partial charge in [0.05, 0.1) is 5.69 Å². The molecule has 4 N–H and O–H groups in total. The second-order valence-corrected chi connectivity index (χ2v) is 7.32. The summed E-state index contributed by atoms with van der Waals surface area (Å²) in [6.07, 6.45) is 5.77. The van der Waals surface area contributed by atoms with E-state index in [1.54, 1.807) is 6.07 Å². The summed E-state index contributed by atoms with van der Waals surface area (Å²) in [6.45, 7) is 4.30. The number of hydrazine groups is 1. The molecule has 7 heteroatoms. The third kappa shape index (κ3) is 3.28. The minimum atomic E-state index is -3.61. The standard InChI is InChI=1S/C13H22N4O2S/c1-9-3-4-11(10(2)7-9)17-20(18,19)13-8-15-6-5-12(13)16-14/h5-6,8-11,17H,3-4,7,14H2,1-2H3,(H,15,16). The van der Waals surface area contributed by atoms with Gasteiger partial charge in [-0.3, -0.25) is 10.8 Å². The van der Waals surface area contributed by atoms with Crippen molar-refractivity contribution < 1.29 is 8.42 Å². The molecule has 1 aliphatic rings. The number of nitrogens with one attached hydrogen (secondary N) is 2. The molecular weight excluding hydrogens is 276 g/mol. The number of sulfonamides is 1. The van der Waals surface area contributed by atoms with Crippen LogP contribution in [0.4, 0.5) is 5.69 Å². The van der Waals surface area contributed by atoms with Gasteiger partial charge in [-0.15, -0.1) is 0 Å². The summed E-state index contributed by atoms with van der Waals surface area (Å²) < 4.78 is 27.7. The summed E-state index contributed by atoms with van der Waals surface area (Å²) in [5, 5.41) is 0. The van der Waals surface area contributed by atoms with E-state index in [0.717, 1.165) is 19.3 Å². The maximum absolute atomic E-state index is 12.5. The Morgan fingerprint density at radius 2 is 2.10 bits per heavy atom. The summed E-state index contributed by atoms with van der Waals surface area (Å²) in [4.78, 5) is 3.96. The molecule has 0 bridgehead atoms. The zero-order valence-corrected chi connectivity index (χ0v) is 12.7. The van der Waals surface area contributed by atoms with E-state index in [2.05, 4.69) is 29.0 Å². The Hall–Kier alpha value is -1.18. The Labute approximate surface area is 120 Å². The van der Waals surface area contributed by atoms with Crippen molar-refractivity contribution in [2.45, 2.75) is 44.0 Å². The van der Waals surface area contributed by atoms with Crippen molar-refractivity contribution in [2.75, 3.05) is 5.43 Å². The summed E-state index contributed by atoms with van der Waals surface area (Å²) >= 11 is 0. The molecule has 1 fully saturated rings. The van der Waals surface area contributed by atoms with Gasteiger partial charge in [0.15, 0.2) is 0 Å². The second kappa shape index (κ2) is 6.07. The molecule has 112 valence electrons. The maximum atomic E-state index is 12.5. The fourth-order valence-electron chi connectivity index (χ4n) is 2.82. The minimum absolute atomic E-state index is 0.0259. The normalized spacial score (nSPS) is 27.2. The fraction of sp³-hybridized carbons (Fsp3) is 0.615. The molecule has 1 aromatic heterocycles. The Bertz CT molecular complexity index is 561. The van der Waals surface area contributed by atoms with Crippen molar-refractivity contribution in [1.82, 2.24) is 9.71 Å². The van der Waals surface area contributed by atoms with Crippen molar-refractivity contribution in [1.29, 1.82) is 0 Å². The number of aromatic nitrogens is 1. The minimum Gasteiger partial charge on any atom is -0.323 e. The first-order valence-electron chi connectivity index (χ1n) is 6.87. The van der Waals surface area contributed by atoms with E-state index in [1.807, 2.05) is 0 Å². The highest BCUT2D eigenvalue weighted by Crippen LogP contribution is 2.30. The predicted molar refractivity (Wildman–Crippen MR) is 78.3 cm³/mol. The van der Waals surface area contributed by atoms with Crippen molar-refractivity contribution in [2.24, 2.45) is 17.7 Å². The quantitative estimate of drug-likeness (QED) is 0.578. The Morgan fingerprint density at radius 3 is 2.75 bits per heavy atom. The van der Waals surface area contributed by atoms with Crippen LogP contribution in [-0.4, -0.2) is 19.4 Å². The van der Waals surface area contributed by atoms with Crippen molar-refractivity contribution in [3.05, 3.63) is 18.5 Å². The van der Waals surface area contributed by atoms with Crippen LogP contribution in [0.25, 0.3) is 0 Å². The predicted octanol–water partition coefficient (Wildman–Crippen LogP) is 1.47. The molecule has 0 spiro atoms. The molecule has 6 nitrogen and oxygen atoms in total. The van der Waals surface area contributed by atoms with Gasteiger partial charge in [-0.05, 0) is 37.2 Å². The third-order valence-corrected chi connectivity index (χ3v) is 5.48. The molecule has 0 saturated heterocycles. The van der Waals surface area contributed by atoms with E-state index >= 15 is 0 Å². The summed E-state index contributed by atoms with van der Waals surface area (Å²) in [6, 6.07) is 1.52. The van der Waals surface area contributed by atoms with Crippen LogP contribution in [0.2, 0.25) is 0 Å². The molecule has 0 radical (unpaired) electrons. The molecule has 1 aromatic rings. The Morgan fingerprint density at radius 1 is 1.35 bits per heavy atom. The van der Waals surface area contributed by atoms with E-state index in [4.69, 9.17) is 5.84 Å². The SMILES string of the molecule is CC1CCC(NS(=O)(=O)c2cnccc2NN)C(C)C1. The molecule has 3 atom stereocenters. The van der Waals surface area contributed by atoms with Crippen LogP contribution in [0.5, 0.6) is 0 Å². The topological polar surface area (TPSA) is 97.1 Å². The molecule has 3 unspecified atom stereocenters. The molecule has 0 amide bonds. The largest absolute Gasteiger partial charge is 0.323 e. The lowest BCUT2D eigenvalue weighted by atomic mass is 9.80. The highest BCUT2D eigenvalue weighted by Gasteiger charge is 2.30. The average Bonchev–Trinajstić information content (AvgIpc) is 2.42. The van der Waals surface area contributed by atoms with Crippen LogP contribution in [-0.2, 0) is 10.0 Å². The average molecular weight is 298 g/mol. The van der Waals surface area contributed by atoms with Gasteiger partial charge >= 0.3 is 0 Å². The Kier molecular flexibility index (Phi) is 4.62. The van der Waals surface area contributed by atoms with Gasteiger partial charge in [0, 0.05) is 18.4 Å². The van der Waals surface area contributed by atoms with Crippen LogP contribution in [0.1, 0.15) is 33.1 Å². The molecular formula is C13H22N4O2S. The summed E-state index contributed by atoms with van der Waals surface area (Å²) in [7, 11) is -3.61.